The minimum absolute atomic E-state index is 0.117. The average Bonchev–Trinajstić information content (AvgIpc) is 3.15. The first kappa shape index (κ1) is 20.5. The van der Waals surface area contributed by atoms with Crippen LogP contribution in [0.3, 0.4) is 0 Å². The van der Waals surface area contributed by atoms with Crippen molar-refractivity contribution in [2.45, 2.75) is 39.7 Å². The number of allylic oxidation sites excluding steroid dienone is 1. The number of ether oxygens (including phenoxy) is 2. The Morgan fingerprint density at radius 1 is 1.24 bits per heavy atom. The number of esters is 2. The molecule has 9 heteroatoms. The molecule has 0 bridgehead atoms. The highest BCUT2D eigenvalue weighted by atomic mass is 16.6. The summed E-state index contributed by atoms with van der Waals surface area (Å²) >= 11 is 0. The van der Waals surface area contributed by atoms with Crippen molar-refractivity contribution in [1.82, 2.24) is 15.6 Å². The number of dihydropyridines is 1. The van der Waals surface area contributed by atoms with Crippen molar-refractivity contribution in [2.24, 2.45) is 0 Å². The van der Waals surface area contributed by atoms with Crippen molar-refractivity contribution in [3.63, 3.8) is 0 Å². The van der Waals surface area contributed by atoms with Crippen molar-refractivity contribution < 1.29 is 28.8 Å². The molecule has 1 aliphatic heterocycles. The van der Waals surface area contributed by atoms with Gasteiger partial charge in [0.2, 0.25) is 0 Å². The fraction of sp³-hybridized carbons (Fsp3) is 0.400. The van der Waals surface area contributed by atoms with Gasteiger partial charge in [-0.05, 0) is 49.6 Å². The van der Waals surface area contributed by atoms with Crippen LogP contribution in [-0.4, -0.2) is 46.7 Å². The van der Waals surface area contributed by atoms with Gasteiger partial charge >= 0.3 is 11.9 Å². The molecule has 2 heterocycles. The molecule has 3 rings (SSSR count). The van der Waals surface area contributed by atoms with E-state index in [2.05, 4.69) is 15.6 Å². The Kier molecular flexibility index (Phi) is 5.97. The highest BCUT2D eigenvalue weighted by molar-refractivity contribution is 6.01. The molecule has 0 fully saturated rings. The molecule has 0 spiro atoms. The Hall–Kier alpha value is -3.20. The number of aliphatic hydroxyl groups is 1. The number of nitrogens with zero attached hydrogens (tertiary/aromatic N) is 2. The van der Waals surface area contributed by atoms with E-state index in [9.17, 15) is 14.7 Å². The summed E-state index contributed by atoms with van der Waals surface area (Å²) < 4.78 is 15.5. The van der Waals surface area contributed by atoms with Crippen LogP contribution < -0.4 is 5.32 Å². The van der Waals surface area contributed by atoms with Crippen molar-refractivity contribution in [3.8, 4) is 0 Å². The molecule has 2 N–H and O–H groups in total. The summed E-state index contributed by atoms with van der Waals surface area (Å²) in [6, 6.07) is 5.17. The topological polar surface area (TPSA) is 124 Å². The first-order chi connectivity index (χ1) is 13.9. The Balaban J connectivity index is 2.27. The lowest BCUT2D eigenvalue weighted by atomic mass is 9.79. The van der Waals surface area contributed by atoms with E-state index in [1.807, 2.05) is 0 Å². The Morgan fingerprint density at radius 3 is 2.66 bits per heavy atom. The third-order valence-corrected chi connectivity index (χ3v) is 4.49. The second-order valence-corrected chi connectivity index (χ2v) is 6.80. The van der Waals surface area contributed by atoms with Crippen LogP contribution in [0.4, 0.5) is 0 Å². The van der Waals surface area contributed by atoms with Gasteiger partial charge in [0.1, 0.15) is 11.0 Å². The number of carbonyl (C=O) groups excluding carboxylic acids is 2. The number of rotatable bonds is 6. The lowest BCUT2D eigenvalue weighted by Gasteiger charge is -2.31. The molecule has 0 saturated heterocycles. The normalized spacial score (nSPS) is 17.0. The zero-order chi connectivity index (χ0) is 21.1. The van der Waals surface area contributed by atoms with E-state index in [0.29, 0.717) is 22.3 Å². The van der Waals surface area contributed by atoms with Gasteiger partial charge < -0.3 is 19.9 Å². The number of hydrogen-bond donors (Lipinski definition) is 2. The predicted molar refractivity (Wildman–Crippen MR) is 102 cm³/mol. The second-order valence-electron chi connectivity index (χ2n) is 6.80. The summed E-state index contributed by atoms with van der Waals surface area (Å²) in [5.74, 6) is -2.11. The van der Waals surface area contributed by atoms with Gasteiger partial charge in [-0.25, -0.2) is 14.2 Å². The largest absolute Gasteiger partial charge is 0.463 e. The van der Waals surface area contributed by atoms with Gasteiger partial charge in [-0.3, -0.25) is 0 Å². The number of fused-ring (bicyclic) bond motifs is 1. The van der Waals surface area contributed by atoms with Crippen molar-refractivity contribution in [2.75, 3.05) is 13.2 Å². The number of benzene rings is 1. The monoisotopic (exact) mass is 401 g/mol. The number of carbonyl (C=O) groups is 2. The van der Waals surface area contributed by atoms with Gasteiger partial charge in [0.15, 0.2) is 0 Å². The Morgan fingerprint density at radius 2 is 2.00 bits per heavy atom. The van der Waals surface area contributed by atoms with Crippen LogP contribution in [0.2, 0.25) is 0 Å². The molecular formula is C20H23N3O6. The molecule has 1 atom stereocenters. The Labute approximate surface area is 167 Å². The molecule has 0 radical (unpaired) electrons. The third-order valence-electron chi connectivity index (χ3n) is 4.49. The quantitative estimate of drug-likeness (QED) is 0.699. The van der Waals surface area contributed by atoms with Gasteiger partial charge in [-0.2, -0.15) is 0 Å². The van der Waals surface area contributed by atoms with E-state index in [4.69, 9.17) is 14.1 Å². The van der Waals surface area contributed by atoms with Crippen LogP contribution >= 0.6 is 0 Å². The number of hydrogen-bond acceptors (Lipinski definition) is 9. The van der Waals surface area contributed by atoms with E-state index in [1.54, 1.807) is 45.9 Å². The Bertz CT molecular complexity index is 1000. The molecule has 1 aromatic carbocycles. The minimum Gasteiger partial charge on any atom is -0.463 e. The van der Waals surface area contributed by atoms with Crippen molar-refractivity contribution >= 4 is 23.0 Å². The summed E-state index contributed by atoms with van der Waals surface area (Å²) in [5.41, 5.74) is 2.46. The maximum absolute atomic E-state index is 13.0. The molecule has 1 aliphatic rings. The molecular weight excluding hydrogens is 378 g/mol. The summed E-state index contributed by atoms with van der Waals surface area (Å²) in [7, 11) is 0. The van der Waals surface area contributed by atoms with Crippen LogP contribution in [0.5, 0.6) is 0 Å². The molecule has 0 aliphatic carbocycles. The van der Waals surface area contributed by atoms with E-state index >= 15 is 0 Å². The first-order valence-electron chi connectivity index (χ1n) is 9.29. The molecule has 1 aromatic heterocycles. The third kappa shape index (κ3) is 3.86. The summed E-state index contributed by atoms with van der Waals surface area (Å²) in [6.07, 6.45) is -0.359. The highest BCUT2D eigenvalue weighted by Gasteiger charge is 2.40. The standard InChI is InChI=1S/C20H23N3O6/c1-5-27-19(25)17-14(9-24)21-11(4)15(20(26)28-10(2)3)16(17)12-7-6-8-13-18(12)23-29-22-13/h6-8,10,16,21,24H,5,9H2,1-4H3. The zero-order valence-electron chi connectivity index (χ0n) is 16.7. The maximum Gasteiger partial charge on any atom is 0.337 e. The number of aliphatic hydroxyl groups excluding tert-OH is 1. The molecule has 0 amide bonds. The van der Waals surface area contributed by atoms with Gasteiger partial charge in [0.05, 0.1) is 42.1 Å². The van der Waals surface area contributed by atoms with Gasteiger partial charge in [0, 0.05) is 5.70 Å². The maximum atomic E-state index is 13.0. The molecule has 9 nitrogen and oxygen atoms in total. The first-order valence-corrected chi connectivity index (χ1v) is 9.29. The molecule has 0 saturated carbocycles. The van der Waals surface area contributed by atoms with E-state index < -0.39 is 24.5 Å². The van der Waals surface area contributed by atoms with Crippen molar-refractivity contribution in [3.05, 3.63) is 46.3 Å². The fourth-order valence-electron chi connectivity index (χ4n) is 3.39. The summed E-state index contributed by atoms with van der Waals surface area (Å²) in [4.78, 5) is 25.8. The molecule has 1 unspecified atom stereocenters. The molecule has 2 aromatic rings. The predicted octanol–water partition coefficient (Wildman–Crippen LogP) is 1.94. The fourth-order valence-corrected chi connectivity index (χ4v) is 3.39. The molecule has 154 valence electrons. The lowest BCUT2D eigenvalue weighted by molar-refractivity contribution is -0.143. The number of aromatic nitrogens is 2. The van der Waals surface area contributed by atoms with Gasteiger partial charge in [0.25, 0.3) is 0 Å². The second kappa shape index (κ2) is 8.44. The SMILES string of the molecule is CCOC(=O)C1=C(CO)NC(C)=C(C(=O)OC(C)C)C1c1cccc2nonc12. The summed E-state index contributed by atoms with van der Waals surface area (Å²) in [5, 5.41) is 20.6. The van der Waals surface area contributed by atoms with Gasteiger partial charge in [-0.1, -0.05) is 12.1 Å². The van der Waals surface area contributed by atoms with E-state index in [-0.39, 0.29) is 29.6 Å². The smallest absolute Gasteiger partial charge is 0.337 e. The molecule has 29 heavy (non-hydrogen) atoms. The van der Waals surface area contributed by atoms with Crippen LogP contribution in [-0.2, 0) is 19.1 Å². The van der Waals surface area contributed by atoms with E-state index in [1.165, 1.54) is 0 Å². The van der Waals surface area contributed by atoms with Crippen LogP contribution in [0.25, 0.3) is 11.0 Å². The number of nitrogens with one attached hydrogen (secondary N) is 1. The van der Waals surface area contributed by atoms with E-state index in [0.717, 1.165) is 0 Å². The zero-order valence-corrected chi connectivity index (χ0v) is 16.7. The summed E-state index contributed by atoms with van der Waals surface area (Å²) in [6.45, 7) is 6.53. The van der Waals surface area contributed by atoms with Crippen molar-refractivity contribution in [1.29, 1.82) is 0 Å². The van der Waals surface area contributed by atoms with Crippen LogP contribution in [0, 0.1) is 0 Å². The highest BCUT2D eigenvalue weighted by Crippen LogP contribution is 2.41. The van der Waals surface area contributed by atoms with Crippen LogP contribution in [0.1, 0.15) is 39.2 Å². The van der Waals surface area contributed by atoms with Crippen LogP contribution in [0.15, 0.2) is 45.4 Å². The minimum atomic E-state index is -0.876. The van der Waals surface area contributed by atoms with Gasteiger partial charge in [-0.15, -0.1) is 0 Å². The lowest BCUT2D eigenvalue weighted by Crippen LogP contribution is -2.35. The average molecular weight is 401 g/mol.